The molecule has 0 saturated heterocycles. The Balaban J connectivity index is 1.97. The first-order valence-corrected chi connectivity index (χ1v) is 6.96. The molecule has 2 rings (SSSR count). The molecule has 5 nitrogen and oxygen atoms in total. The van der Waals surface area contributed by atoms with Crippen molar-refractivity contribution >= 4 is 11.7 Å². The largest absolute Gasteiger partial charge is 0.396 e. The fourth-order valence-corrected chi connectivity index (χ4v) is 2.26. The highest BCUT2D eigenvalue weighted by Gasteiger charge is 2.23. The molecule has 2 amide bonds. The summed E-state index contributed by atoms with van der Waals surface area (Å²) >= 11 is 0. The van der Waals surface area contributed by atoms with Gasteiger partial charge < -0.3 is 20.5 Å². The summed E-state index contributed by atoms with van der Waals surface area (Å²) in [7, 11) is 0. The van der Waals surface area contributed by atoms with Crippen molar-refractivity contribution < 1.29 is 14.6 Å². The molecule has 1 aliphatic heterocycles. The zero-order valence-electron chi connectivity index (χ0n) is 12.0. The molecule has 0 aromatic heterocycles. The summed E-state index contributed by atoms with van der Waals surface area (Å²) in [6.07, 6.45) is 1.30. The number of nitrogens with one attached hydrogen (secondary N) is 2. The number of benzene rings is 1. The SMILES string of the molecule is CCC(C)(CCO)NC(=O)Nc1ccc2c(c1)COC2. The quantitative estimate of drug-likeness (QED) is 0.774. The predicted octanol–water partition coefficient (Wildman–Crippen LogP) is 2.39. The van der Waals surface area contributed by atoms with Gasteiger partial charge in [-0.3, -0.25) is 0 Å². The molecule has 5 heteroatoms. The molecule has 20 heavy (non-hydrogen) atoms. The van der Waals surface area contributed by atoms with Crippen molar-refractivity contribution in [2.24, 2.45) is 0 Å². The molecule has 1 atom stereocenters. The molecule has 1 unspecified atom stereocenters. The highest BCUT2D eigenvalue weighted by molar-refractivity contribution is 5.89. The van der Waals surface area contributed by atoms with Crippen LogP contribution in [-0.2, 0) is 18.0 Å². The maximum Gasteiger partial charge on any atom is 0.319 e. The van der Waals surface area contributed by atoms with E-state index in [2.05, 4.69) is 10.6 Å². The number of hydrogen-bond acceptors (Lipinski definition) is 3. The van der Waals surface area contributed by atoms with Crippen LogP contribution in [0.5, 0.6) is 0 Å². The smallest absolute Gasteiger partial charge is 0.319 e. The Labute approximate surface area is 119 Å². The summed E-state index contributed by atoms with van der Waals surface area (Å²) in [5.74, 6) is 0. The first-order chi connectivity index (χ1) is 9.56. The summed E-state index contributed by atoms with van der Waals surface area (Å²) in [4.78, 5) is 12.0. The van der Waals surface area contributed by atoms with Gasteiger partial charge in [-0.1, -0.05) is 13.0 Å². The van der Waals surface area contributed by atoms with E-state index in [0.29, 0.717) is 19.6 Å². The van der Waals surface area contributed by atoms with Crippen LogP contribution < -0.4 is 10.6 Å². The van der Waals surface area contributed by atoms with Crippen LogP contribution in [0.25, 0.3) is 0 Å². The third-order valence-corrected chi connectivity index (χ3v) is 3.84. The molecule has 3 N–H and O–H groups in total. The van der Waals surface area contributed by atoms with E-state index in [4.69, 9.17) is 9.84 Å². The molecule has 0 bridgehead atoms. The number of urea groups is 1. The monoisotopic (exact) mass is 278 g/mol. The van der Waals surface area contributed by atoms with Crippen molar-refractivity contribution in [3.8, 4) is 0 Å². The molecular formula is C15H22N2O3. The molecule has 1 aromatic rings. The van der Waals surface area contributed by atoms with E-state index in [1.807, 2.05) is 32.0 Å². The highest BCUT2D eigenvalue weighted by atomic mass is 16.5. The summed E-state index contributed by atoms with van der Waals surface area (Å²) in [6, 6.07) is 5.55. The van der Waals surface area contributed by atoms with Crippen molar-refractivity contribution in [2.45, 2.75) is 45.4 Å². The number of aliphatic hydroxyl groups excluding tert-OH is 1. The average molecular weight is 278 g/mol. The number of aliphatic hydroxyl groups is 1. The topological polar surface area (TPSA) is 70.6 Å². The highest BCUT2D eigenvalue weighted by Crippen LogP contribution is 2.23. The summed E-state index contributed by atoms with van der Waals surface area (Å²) in [6.45, 7) is 5.22. The number of carbonyl (C=O) groups excluding carboxylic acids is 1. The lowest BCUT2D eigenvalue weighted by molar-refractivity contribution is 0.134. The summed E-state index contributed by atoms with van der Waals surface area (Å²) < 4.78 is 5.35. The van der Waals surface area contributed by atoms with Crippen molar-refractivity contribution in [3.63, 3.8) is 0 Å². The second-order valence-corrected chi connectivity index (χ2v) is 5.44. The second kappa shape index (κ2) is 6.24. The maximum atomic E-state index is 12.0. The molecule has 110 valence electrons. The molecule has 0 saturated carbocycles. The molecule has 0 radical (unpaired) electrons. The third kappa shape index (κ3) is 3.49. The molecular weight excluding hydrogens is 256 g/mol. The number of fused-ring (bicyclic) bond motifs is 1. The van der Waals surface area contributed by atoms with E-state index in [9.17, 15) is 4.79 Å². The summed E-state index contributed by atoms with van der Waals surface area (Å²) in [5.41, 5.74) is 2.67. The number of anilines is 1. The Kier molecular flexibility index (Phi) is 4.62. The Morgan fingerprint density at radius 2 is 2.15 bits per heavy atom. The third-order valence-electron chi connectivity index (χ3n) is 3.84. The van der Waals surface area contributed by atoms with Gasteiger partial charge in [0.2, 0.25) is 0 Å². The van der Waals surface area contributed by atoms with E-state index in [-0.39, 0.29) is 12.6 Å². The Bertz CT molecular complexity index is 490. The van der Waals surface area contributed by atoms with E-state index < -0.39 is 5.54 Å². The molecule has 0 spiro atoms. The van der Waals surface area contributed by atoms with Crippen LogP contribution in [0.1, 0.15) is 37.8 Å². The van der Waals surface area contributed by atoms with Gasteiger partial charge in [-0.15, -0.1) is 0 Å². The van der Waals surface area contributed by atoms with Gasteiger partial charge in [0.05, 0.1) is 13.2 Å². The van der Waals surface area contributed by atoms with Crippen LogP contribution >= 0.6 is 0 Å². The minimum absolute atomic E-state index is 0.0564. The average Bonchev–Trinajstić information content (AvgIpc) is 2.86. The molecule has 0 fully saturated rings. The van der Waals surface area contributed by atoms with Gasteiger partial charge in [-0.2, -0.15) is 0 Å². The first kappa shape index (κ1) is 14.8. The van der Waals surface area contributed by atoms with Gasteiger partial charge in [0.1, 0.15) is 0 Å². The number of carbonyl (C=O) groups is 1. The predicted molar refractivity (Wildman–Crippen MR) is 77.5 cm³/mol. The van der Waals surface area contributed by atoms with Crippen LogP contribution in [0.3, 0.4) is 0 Å². The van der Waals surface area contributed by atoms with Crippen molar-refractivity contribution in [1.29, 1.82) is 0 Å². The van der Waals surface area contributed by atoms with E-state index in [1.54, 1.807) is 0 Å². The molecule has 1 aromatic carbocycles. The number of rotatable bonds is 5. The Morgan fingerprint density at radius 1 is 1.40 bits per heavy atom. The van der Waals surface area contributed by atoms with Crippen LogP contribution in [0.4, 0.5) is 10.5 Å². The zero-order valence-corrected chi connectivity index (χ0v) is 12.0. The molecule has 1 aliphatic rings. The summed E-state index contributed by atoms with van der Waals surface area (Å²) in [5, 5.41) is 14.8. The maximum absolute atomic E-state index is 12.0. The first-order valence-electron chi connectivity index (χ1n) is 6.96. The number of hydrogen-bond donors (Lipinski definition) is 3. The lowest BCUT2D eigenvalue weighted by Crippen LogP contribution is -2.48. The van der Waals surface area contributed by atoms with E-state index >= 15 is 0 Å². The van der Waals surface area contributed by atoms with Crippen LogP contribution in [0.15, 0.2) is 18.2 Å². The molecule has 0 aliphatic carbocycles. The zero-order chi connectivity index (χ0) is 14.6. The van der Waals surface area contributed by atoms with Gasteiger partial charge in [0.25, 0.3) is 0 Å². The van der Waals surface area contributed by atoms with Gasteiger partial charge in [0, 0.05) is 17.8 Å². The minimum Gasteiger partial charge on any atom is -0.396 e. The Morgan fingerprint density at radius 3 is 2.85 bits per heavy atom. The number of ether oxygens (including phenoxy) is 1. The lowest BCUT2D eigenvalue weighted by Gasteiger charge is -2.29. The van der Waals surface area contributed by atoms with E-state index in [1.165, 1.54) is 5.56 Å². The van der Waals surface area contributed by atoms with Gasteiger partial charge in [-0.05, 0) is 43.0 Å². The van der Waals surface area contributed by atoms with Crippen LogP contribution in [0.2, 0.25) is 0 Å². The minimum atomic E-state index is -0.390. The normalized spacial score (nSPS) is 16.4. The second-order valence-electron chi connectivity index (χ2n) is 5.44. The fraction of sp³-hybridized carbons (Fsp3) is 0.533. The van der Waals surface area contributed by atoms with Gasteiger partial charge in [-0.25, -0.2) is 4.79 Å². The van der Waals surface area contributed by atoms with Crippen LogP contribution in [0, 0.1) is 0 Å². The van der Waals surface area contributed by atoms with E-state index in [0.717, 1.165) is 17.7 Å². The van der Waals surface area contributed by atoms with Crippen LogP contribution in [-0.4, -0.2) is 23.3 Å². The van der Waals surface area contributed by atoms with Gasteiger partial charge in [0.15, 0.2) is 0 Å². The Hall–Kier alpha value is -1.59. The van der Waals surface area contributed by atoms with Gasteiger partial charge >= 0.3 is 6.03 Å². The number of amides is 2. The molecule has 1 heterocycles. The fourth-order valence-electron chi connectivity index (χ4n) is 2.26. The van der Waals surface area contributed by atoms with Crippen molar-refractivity contribution in [1.82, 2.24) is 5.32 Å². The lowest BCUT2D eigenvalue weighted by atomic mass is 9.95. The van der Waals surface area contributed by atoms with Crippen molar-refractivity contribution in [2.75, 3.05) is 11.9 Å². The van der Waals surface area contributed by atoms with Crippen molar-refractivity contribution in [3.05, 3.63) is 29.3 Å². The standard InChI is InChI=1S/C15H22N2O3/c1-3-15(2,6-7-18)17-14(19)16-13-5-4-11-9-20-10-12(11)8-13/h4-5,8,18H,3,6-7,9-10H2,1-2H3,(H2,16,17,19).